The monoisotopic (exact) mass is 337 g/mol. The molecule has 0 aliphatic heterocycles. The topological polar surface area (TPSA) is 78.1 Å². The van der Waals surface area contributed by atoms with E-state index >= 15 is 0 Å². The Balaban J connectivity index is 2.58. The number of hydrogen-bond donors (Lipinski definition) is 1. The van der Waals surface area contributed by atoms with Crippen LogP contribution in [0, 0.1) is 0 Å². The first kappa shape index (κ1) is 17.5. The molecule has 2 aromatic rings. The highest BCUT2D eigenvalue weighted by atomic mass is 19.4. The number of hydrogen-bond acceptors (Lipinski definition) is 5. The predicted octanol–water partition coefficient (Wildman–Crippen LogP) is 3.56. The van der Waals surface area contributed by atoms with Crippen molar-refractivity contribution in [1.82, 2.24) is 9.97 Å². The highest BCUT2D eigenvalue weighted by Gasteiger charge is 2.30. The molecular formula is C16H14F3N3O2. The number of nitrogen functional groups attached to an aromatic ring is 1. The second-order valence-electron chi connectivity index (χ2n) is 5.00. The van der Waals surface area contributed by atoms with Crippen LogP contribution in [0.15, 0.2) is 30.8 Å². The molecule has 2 N–H and O–H groups in total. The maximum Gasteiger partial charge on any atom is 0.416 e. The number of allylic oxidation sites excluding steroid dienone is 1. The van der Waals surface area contributed by atoms with Crippen LogP contribution in [0.2, 0.25) is 0 Å². The van der Waals surface area contributed by atoms with Gasteiger partial charge in [0.2, 0.25) is 0 Å². The van der Waals surface area contributed by atoms with Gasteiger partial charge in [0.1, 0.15) is 5.82 Å². The van der Waals surface area contributed by atoms with Crippen molar-refractivity contribution in [2.24, 2.45) is 0 Å². The Morgan fingerprint density at radius 2 is 1.79 bits per heavy atom. The Labute approximate surface area is 136 Å². The van der Waals surface area contributed by atoms with Crippen molar-refractivity contribution in [3.8, 4) is 11.4 Å². The molecule has 2 rings (SSSR count). The largest absolute Gasteiger partial charge is 0.464 e. The van der Waals surface area contributed by atoms with Crippen molar-refractivity contribution in [3.63, 3.8) is 0 Å². The number of ether oxygens (including phenoxy) is 1. The number of alkyl halides is 3. The Hall–Kier alpha value is -2.90. The third-order valence-corrected chi connectivity index (χ3v) is 3.21. The Morgan fingerprint density at radius 1 is 1.21 bits per heavy atom. The normalized spacial score (nSPS) is 11.2. The molecule has 0 aliphatic carbocycles. The first-order chi connectivity index (χ1) is 11.1. The fourth-order valence-electron chi connectivity index (χ4n) is 2.08. The number of aromatic nitrogens is 2. The van der Waals surface area contributed by atoms with Crippen LogP contribution >= 0.6 is 0 Å². The van der Waals surface area contributed by atoms with Gasteiger partial charge in [-0.3, -0.25) is 0 Å². The van der Waals surface area contributed by atoms with Gasteiger partial charge < -0.3 is 10.5 Å². The highest BCUT2D eigenvalue weighted by molar-refractivity contribution is 5.95. The van der Waals surface area contributed by atoms with Crippen molar-refractivity contribution < 1.29 is 22.7 Å². The average molecular weight is 337 g/mol. The van der Waals surface area contributed by atoms with Gasteiger partial charge in [0.25, 0.3) is 0 Å². The summed E-state index contributed by atoms with van der Waals surface area (Å²) in [5.74, 6) is -0.727. The second kappa shape index (κ2) is 6.31. The van der Waals surface area contributed by atoms with E-state index in [2.05, 4.69) is 21.3 Å². The first-order valence-corrected chi connectivity index (χ1v) is 6.74. The van der Waals surface area contributed by atoms with Crippen molar-refractivity contribution in [3.05, 3.63) is 47.7 Å². The third-order valence-electron chi connectivity index (χ3n) is 3.21. The Kier molecular flexibility index (Phi) is 4.59. The van der Waals surface area contributed by atoms with E-state index in [-0.39, 0.29) is 28.5 Å². The lowest BCUT2D eigenvalue weighted by atomic mass is 10.1. The van der Waals surface area contributed by atoms with Gasteiger partial charge in [-0.15, -0.1) is 0 Å². The molecule has 0 saturated heterocycles. The van der Waals surface area contributed by atoms with E-state index in [0.29, 0.717) is 5.57 Å². The van der Waals surface area contributed by atoms with Crippen LogP contribution in [0.1, 0.15) is 28.5 Å². The minimum Gasteiger partial charge on any atom is -0.464 e. The quantitative estimate of drug-likeness (QED) is 0.867. The molecule has 0 saturated carbocycles. The lowest BCUT2D eigenvalue weighted by Gasteiger charge is -2.12. The lowest BCUT2D eigenvalue weighted by Crippen LogP contribution is -2.13. The van der Waals surface area contributed by atoms with E-state index < -0.39 is 17.7 Å². The van der Waals surface area contributed by atoms with Gasteiger partial charge >= 0.3 is 12.1 Å². The number of methoxy groups -OCH3 is 1. The number of anilines is 1. The molecule has 0 fully saturated rings. The zero-order valence-electron chi connectivity index (χ0n) is 12.9. The van der Waals surface area contributed by atoms with Crippen molar-refractivity contribution in [2.75, 3.05) is 12.8 Å². The van der Waals surface area contributed by atoms with Gasteiger partial charge in [-0.25, -0.2) is 14.8 Å². The highest BCUT2D eigenvalue weighted by Crippen LogP contribution is 2.31. The molecule has 0 amide bonds. The molecule has 0 spiro atoms. The summed E-state index contributed by atoms with van der Waals surface area (Å²) >= 11 is 0. The number of carbonyl (C=O) groups excluding carboxylic acids is 1. The van der Waals surface area contributed by atoms with E-state index in [1.165, 1.54) is 19.2 Å². The molecular weight excluding hydrogens is 323 g/mol. The number of nitrogens with zero attached hydrogens (tertiary/aromatic N) is 2. The molecule has 1 aromatic heterocycles. The summed E-state index contributed by atoms with van der Waals surface area (Å²) in [4.78, 5) is 20.0. The minimum atomic E-state index is -4.45. The minimum absolute atomic E-state index is 0.00667. The first-order valence-electron chi connectivity index (χ1n) is 6.74. The van der Waals surface area contributed by atoms with Crippen LogP contribution in [0.3, 0.4) is 0 Å². The third kappa shape index (κ3) is 3.37. The number of carbonyl (C=O) groups is 1. The van der Waals surface area contributed by atoms with Gasteiger partial charge in [0.15, 0.2) is 11.5 Å². The van der Waals surface area contributed by atoms with Gasteiger partial charge in [-0.05, 0) is 24.6 Å². The Morgan fingerprint density at radius 3 is 2.25 bits per heavy atom. The van der Waals surface area contributed by atoms with E-state index in [1.54, 1.807) is 6.92 Å². The van der Waals surface area contributed by atoms with E-state index in [4.69, 9.17) is 5.73 Å². The molecule has 126 valence electrons. The van der Waals surface area contributed by atoms with Gasteiger partial charge in [0, 0.05) is 5.56 Å². The molecule has 5 nitrogen and oxygen atoms in total. The molecule has 8 heteroatoms. The van der Waals surface area contributed by atoms with Gasteiger partial charge in [-0.1, -0.05) is 18.7 Å². The van der Waals surface area contributed by atoms with E-state index in [1.807, 2.05) is 0 Å². The summed E-state index contributed by atoms with van der Waals surface area (Å²) in [6.07, 6.45) is -4.45. The summed E-state index contributed by atoms with van der Waals surface area (Å²) in [6.45, 7) is 5.34. The molecule has 1 heterocycles. The molecule has 0 radical (unpaired) electrons. The van der Waals surface area contributed by atoms with Crippen LogP contribution in [-0.2, 0) is 10.9 Å². The SMILES string of the molecule is C=C(C)c1c(N)nc(-c2ccc(C(F)(F)F)cc2)nc1C(=O)OC. The van der Waals surface area contributed by atoms with Crippen LogP contribution in [-0.4, -0.2) is 23.0 Å². The van der Waals surface area contributed by atoms with Crippen molar-refractivity contribution >= 4 is 17.4 Å². The average Bonchev–Trinajstić information content (AvgIpc) is 2.52. The zero-order valence-corrected chi connectivity index (χ0v) is 12.9. The predicted molar refractivity (Wildman–Crippen MR) is 82.9 cm³/mol. The molecule has 0 unspecified atom stereocenters. The van der Waals surface area contributed by atoms with Crippen LogP contribution in [0.4, 0.5) is 19.0 Å². The number of esters is 1. The number of nitrogens with two attached hydrogens (primary N) is 1. The number of rotatable bonds is 3. The summed E-state index contributed by atoms with van der Waals surface area (Å²) in [5, 5.41) is 0. The summed E-state index contributed by atoms with van der Waals surface area (Å²) in [7, 11) is 1.18. The standard InChI is InChI=1S/C16H14F3N3O2/c1-8(2)11-12(15(23)24-3)21-14(22-13(11)20)9-4-6-10(7-5-9)16(17,18)19/h4-7H,1H2,2-3H3,(H2,20,21,22). The summed E-state index contributed by atoms with van der Waals surface area (Å²) < 4.78 is 42.5. The summed E-state index contributed by atoms with van der Waals surface area (Å²) in [5.41, 5.74) is 5.96. The zero-order chi connectivity index (χ0) is 18.1. The number of halogens is 3. The van der Waals surface area contributed by atoms with Crippen molar-refractivity contribution in [2.45, 2.75) is 13.1 Å². The smallest absolute Gasteiger partial charge is 0.416 e. The van der Waals surface area contributed by atoms with Crippen LogP contribution < -0.4 is 5.73 Å². The Bertz CT molecular complexity index is 799. The second-order valence-corrected chi connectivity index (χ2v) is 5.00. The van der Waals surface area contributed by atoms with Gasteiger partial charge in [-0.2, -0.15) is 13.2 Å². The maximum absolute atomic E-state index is 12.6. The van der Waals surface area contributed by atoms with Crippen LogP contribution in [0.5, 0.6) is 0 Å². The van der Waals surface area contributed by atoms with E-state index in [9.17, 15) is 18.0 Å². The van der Waals surface area contributed by atoms with E-state index in [0.717, 1.165) is 12.1 Å². The van der Waals surface area contributed by atoms with Crippen molar-refractivity contribution in [1.29, 1.82) is 0 Å². The molecule has 0 bridgehead atoms. The molecule has 24 heavy (non-hydrogen) atoms. The van der Waals surface area contributed by atoms with Gasteiger partial charge in [0.05, 0.1) is 18.2 Å². The lowest BCUT2D eigenvalue weighted by molar-refractivity contribution is -0.137. The molecule has 0 aliphatic rings. The summed E-state index contributed by atoms with van der Waals surface area (Å²) in [6, 6.07) is 4.22. The molecule has 0 atom stereocenters. The molecule has 1 aromatic carbocycles. The fraction of sp³-hybridized carbons (Fsp3) is 0.188. The fourth-order valence-corrected chi connectivity index (χ4v) is 2.08. The van der Waals surface area contributed by atoms with Crippen LogP contribution in [0.25, 0.3) is 17.0 Å². The maximum atomic E-state index is 12.6. The number of benzene rings is 1.